The van der Waals surface area contributed by atoms with E-state index in [0.717, 1.165) is 12.1 Å². The Balaban J connectivity index is 2.28. The molecule has 11 heteroatoms. The maximum absolute atomic E-state index is 12.8. The van der Waals surface area contributed by atoms with Crippen LogP contribution in [0.25, 0.3) is 0 Å². The molecule has 1 N–H and O–H groups in total. The van der Waals surface area contributed by atoms with Gasteiger partial charge in [-0.15, -0.1) is 0 Å². The number of methoxy groups -OCH3 is 1. The van der Waals surface area contributed by atoms with E-state index >= 15 is 0 Å². The Labute approximate surface area is 169 Å². The van der Waals surface area contributed by atoms with Gasteiger partial charge < -0.3 is 9.47 Å². The first kappa shape index (κ1) is 22.3. The monoisotopic (exact) mass is 431 g/mol. The van der Waals surface area contributed by atoms with Crippen LogP contribution in [-0.4, -0.2) is 24.4 Å². The van der Waals surface area contributed by atoms with Crippen LogP contribution in [0.5, 0.6) is 11.5 Å². The lowest BCUT2D eigenvalue weighted by Gasteiger charge is -2.15. The number of ether oxygens (including phenoxy) is 2. The van der Waals surface area contributed by atoms with E-state index in [2.05, 4.69) is 10.5 Å². The first-order chi connectivity index (χ1) is 13.5. The van der Waals surface area contributed by atoms with Crippen molar-refractivity contribution in [2.24, 2.45) is 5.10 Å². The number of anilines is 1. The van der Waals surface area contributed by atoms with Crippen LogP contribution in [0.1, 0.15) is 25.0 Å². The van der Waals surface area contributed by atoms with Crippen LogP contribution in [0.4, 0.5) is 24.5 Å². The second-order valence-corrected chi connectivity index (χ2v) is 6.46. The lowest BCUT2D eigenvalue weighted by Crippen LogP contribution is -2.07. The predicted molar refractivity (Wildman–Crippen MR) is 103 cm³/mol. The van der Waals surface area contributed by atoms with E-state index in [1.165, 1.54) is 19.4 Å². The predicted octanol–water partition coefficient (Wildman–Crippen LogP) is 5.51. The van der Waals surface area contributed by atoms with E-state index in [4.69, 9.17) is 21.1 Å². The molecule has 0 heterocycles. The Kier molecular flexibility index (Phi) is 6.91. The molecule has 0 saturated heterocycles. The number of halogens is 4. The number of hydrogen-bond acceptors (Lipinski definition) is 6. The fourth-order valence-electron chi connectivity index (χ4n) is 2.29. The van der Waals surface area contributed by atoms with E-state index in [1.807, 2.05) is 13.8 Å². The molecule has 0 aliphatic rings. The Morgan fingerprint density at radius 3 is 2.52 bits per heavy atom. The molecule has 0 aliphatic carbocycles. The largest absolute Gasteiger partial charge is 0.493 e. The van der Waals surface area contributed by atoms with Gasteiger partial charge in [0.1, 0.15) is 5.69 Å². The normalized spacial score (nSPS) is 11.7. The molecule has 0 radical (unpaired) electrons. The highest BCUT2D eigenvalue weighted by Gasteiger charge is 2.33. The van der Waals surface area contributed by atoms with E-state index in [-0.39, 0.29) is 16.8 Å². The third kappa shape index (κ3) is 5.74. The smallest absolute Gasteiger partial charge is 0.416 e. The van der Waals surface area contributed by atoms with Gasteiger partial charge in [-0.3, -0.25) is 15.5 Å². The molecule has 0 aliphatic heterocycles. The number of hydrogen-bond donors (Lipinski definition) is 1. The molecule has 0 fully saturated rings. The van der Waals surface area contributed by atoms with Gasteiger partial charge in [0.05, 0.1) is 34.9 Å². The summed E-state index contributed by atoms with van der Waals surface area (Å²) in [6.45, 7) is 3.65. The van der Waals surface area contributed by atoms with Crippen molar-refractivity contribution in [3.63, 3.8) is 0 Å². The van der Waals surface area contributed by atoms with Gasteiger partial charge in [0.15, 0.2) is 11.5 Å². The molecule has 0 amide bonds. The molecule has 2 rings (SSSR count). The van der Waals surface area contributed by atoms with Gasteiger partial charge in [-0.1, -0.05) is 11.6 Å². The molecular formula is C18H17ClF3N3O4. The van der Waals surface area contributed by atoms with Crippen molar-refractivity contribution in [1.82, 2.24) is 0 Å². The van der Waals surface area contributed by atoms with Gasteiger partial charge in [-0.05, 0) is 43.7 Å². The molecule has 156 valence electrons. The minimum absolute atomic E-state index is 0.136. The Hall–Kier alpha value is -3.01. The summed E-state index contributed by atoms with van der Waals surface area (Å²) in [5.41, 5.74) is 0.766. The highest BCUT2D eigenvalue weighted by atomic mass is 35.5. The molecule has 0 atom stereocenters. The van der Waals surface area contributed by atoms with Crippen LogP contribution in [-0.2, 0) is 6.18 Å². The highest BCUT2D eigenvalue weighted by molar-refractivity contribution is 6.32. The summed E-state index contributed by atoms with van der Waals surface area (Å²) in [4.78, 5) is 10.2. The standard InChI is InChI=1S/C18H17ClF3N3O4/c1-10(2)29-17-13(19)6-11(7-16(17)28-3)9-23-24-14-5-4-12(18(20,21)22)8-15(14)25(26)27/h4-10,24H,1-3H3/b23-9-. The summed E-state index contributed by atoms with van der Waals surface area (Å²) in [6.07, 6.45) is -3.54. The molecular weight excluding hydrogens is 415 g/mol. The number of benzene rings is 2. The molecule has 0 bridgehead atoms. The maximum atomic E-state index is 12.8. The van der Waals surface area contributed by atoms with Crippen LogP contribution in [0.15, 0.2) is 35.4 Å². The number of nitro groups is 1. The van der Waals surface area contributed by atoms with Crippen LogP contribution in [0.2, 0.25) is 5.02 Å². The van der Waals surface area contributed by atoms with Crippen molar-refractivity contribution in [1.29, 1.82) is 0 Å². The zero-order valence-corrected chi connectivity index (χ0v) is 16.3. The van der Waals surface area contributed by atoms with Gasteiger partial charge in [0, 0.05) is 6.07 Å². The summed E-state index contributed by atoms with van der Waals surface area (Å²) in [7, 11) is 1.43. The maximum Gasteiger partial charge on any atom is 0.416 e. The van der Waals surface area contributed by atoms with Gasteiger partial charge in [0.2, 0.25) is 0 Å². The van der Waals surface area contributed by atoms with E-state index in [9.17, 15) is 23.3 Å². The molecule has 29 heavy (non-hydrogen) atoms. The van der Waals surface area contributed by atoms with Crippen molar-refractivity contribution in [3.8, 4) is 11.5 Å². The quantitative estimate of drug-likeness (QED) is 0.355. The van der Waals surface area contributed by atoms with Crippen molar-refractivity contribution < 1.29 is 27.6 Å². The first-order valence-electron chi connectivity index (χ1n) is 8.21. The van der Waals surface area contributed by atoms with Gasteiger partial charge >= 0.3 is 6.18 Å². The number of rotatable bonds is 7. The summed E-state index contributed by atoms with van der Waals surface area (Å²) in [6, 6.07) is 5.22. The Morgan fingerprint density at radius 1 is 1.28 bits per heavy atom. The second-order valence-electron chi connectivity index (χ2n) is 6.06. The van der Waals surface area contributed by atoms with Crippen molar-refractivity contribution >= 4 is 29.2 Å². The van der Waals surface area contributed by atoms with E-state index in [0.29, 0.717) is 23.1 Å². The summed E-state index contributed by atoms with van der Waals surface area (Å²) in [5, 5.41) is 15.2. The molecule has 0 spiro atoms. The highest BCUT2D eigenvalue weighted by Crippen LogP contribution is 2.37. The van der Waals surface area contributed by atoms with Crippen LogP contribution in [0, 0.1) is 10.1 Å². The zero-order chi connectivity index (χ0) is 21.8. The average Bonchev–Trinajstić information content (AvgIpc) is 2.62. The van der Waals surface area contributed by atoms with Gasteiger partial charge in [-0.25, -0.2) is 0 Å². The van der Waals surface area contributed by atoms with Crippen LogP contribution in [0.3, 0.4) is 0 Å². The van der Waals surface area contributed by atoms with E-state index < -0.39 is 22.4 Å². The van der Waals surface area contributed by atoms with Crippen molar-refractivity contribution in [3.05, 3.63) is 56.6 Å². The zero-order valence-electron chi connectivity index (χ0n) is 15.6. The molecule has 0 unspecified atom stereocenters. The molecule has 0 saturated carbocycles. The van der Waals surface area contributed by atoms with E-state index in [1.54, 1.807) is 6.07 Å². The van der Waals surface area contributed by atoms with Crippen LogP contribution < -0.4 is 14.9 Å². The Morgan fingerprint density at radius 2 is 1.97 bits per heavy atom. The van der Waals surface area contributed by atoms with Crippen molar-refractivity contribution in [2.45, 2.75) is 26.1 Å². The Bertz CT molecular complexity index is 933. The summed E-state index contributed by atoms with van der Waals surface area (Å²) >= 11 is 6.20. The summed E-state index contributed by atoms with van der Waals surface area (Å²) in [5.74, 6) is 0.709. The molecule has 2 aromatic rings. The van der Waals surface area contributed by atoms with Crippen molar-refractivity contribution in [2.75, 3.05) is 12.5 Å². The average molecular weight is 432 g/mol. The fraction of sp³-hybridized carbons (Fsp3) is 0.278. The lowest BCUT2D eigenvalue weighted by molar-refractivity contribution is -0.384. The second kappa shape index (κ2) is 8.99. The fourth-order valence-corrected chi connectivity index (χ4v) is 2.56. The minimum atomic E-state index is -4.69. The number of nitrogens with one attached hydrogen (secondary N) is 1. The SMILES string of the molecule is COc1cc(/C=N\Nc2ccc(C(F)(F)F)cc2[N+](=O)[O-])cc(Cl)c1OC(C)C. The number of nitrogens with zero attached hydrogens (tertiary/aromatic N) is 2. The van der Waals surface area contributed by atoms with Gasteiger partial charge in [-0.2, -0.15) is 18.3 Å². The number of hydrazone groups is 1. The topological polar surface area (TPSA) is 86.0 Å². The molecule has 7 nitrogen and oxygen atoms in total. The third-order valence-electron chi connectivity index (χ3n) is 3.53. The number of alkyl halides is 3. The summed E-state index contributed by atoms with van der Waals surface area (Å²) < 4.78 is 49.1. The van der Waals surface area contributed by atoms with Crippen LogP contribution >= 0.6 is 11.6 Å². The first-order valence-corrected chi connectivity index (χ1v) is 8.59. The van der Waals surface area contributed by atoms with Gasteiger partial charge in [0.25, 0.3) is 5.69 Å². The molecule has 0 aromatic heterocycles. The molecule has 2 aromatic carbocycles. The third-order valence-corrected chi connectivity index (χ3v) is 3.81. The lowest BCUT2D eigenvalue weighted by atomic mass is 10.1. The number of nitro benzene ring substituents is 1. The minimum Gasteiger partial charge on any atom is -0.493 e.